The third-order valence-electron chi connectivity index (χ3n) is 7.37. The quantitative estimate of drug-likeness (QED) is 0.253. The van der Waals surface area contributed by atoms with E-state index in [1.165, 1.54) is 34.7 Å². The second-order valence-electron chi connectivity index (χ2n) is 10.4. The SMILES string of the molecule is COc1ccc(S(=O)(=O)N(CC(=O)N(Cc2ccccc2)Cc2coc3ccc(C)cc3c2=O)CC2CCCO2)cc1. The van der Waals surface area contributed by atoms with Crippen molar-refractivity contribution in [2.45, 2.75) is 43.9 Å². The van der Waals surface area contributed by atoms with E-state index in [0.29, 0.717) is 35.3 Å². The molecule has 0 aliphatic carbocycles. The standard InChI is InChI=1S/C32H34N2O7S/c1-23-10-15-30-29(17-23)32(36)25(22-41-30)19-33(18-24-7-4-3-5-8-24)31(35)21-34(20-27-9-6-16-40-27)42(37,38)28-13-11-26(39-2)12-14-28/h3-5,7-8,10-15,17,22,27H,6,9,16,18-21H2,1-2H3. The van der Waals surface area contributed by atoms with E-state index in [9.17, 15) is 18.0 Å². The van der Waals surface area contributed by atoms with Gasteiger partial charge in [0.25, 0.3) is 0 Å². The first-order chi connectivity index (χ1) is 20.2. The van der Waals surface area contributed by atoms with Gasteiger partial charge in [-0.25, -0.2) is 8.42 Å². The molecule has 0 saturated carbocycles. The van der Waals surface area contributed by atoms with Crippen LogP contribution in [0.15, 0.2) is 93.2 Å². The summed E-state index contributed by atoms with van der Waals surface area (Å²) in [4.78, 5) is 28.9. The first-order valence-electron chi connectivity index (χ1n) is 13.8. The fraction of sp³-hybridized carbons (Fsp3) is 0.312. The number of benzene rings is 3. The van der Waals surface area contributed by atoms with Crippen LogP contribution < -0.4 is 10.2 Å². The Bertz CT molecular complexity index is 1700. The van der Waals surface area contributed by atoms with Crippen molar-refractivity contribution >= 4 is 26.9 Å². The Kier molecular flexibility index (Phi) is 9.06. The smallest absolute Gasteiger partial charge is 0.243 e. The van der Waals surface area contributed by atoms with Crippen LogP contribution in [0.4, 0.5) is 0 Å². The number of aryl methyl sites for hydroxylation is 1. The highest BCUT2D eigenvalue weighted by atomic mass is 32.2. The van der Waals surface area contributed by atoms with Gasteiger partial charge in [0.15, 0.2) is 5.43 Å². The van der Waals surface area contributed by atoms with Crippen molar-refractivity contribution in [2.24, 2.45) is 0 Å². The minimum absolute atomic E-state index is 0.0384. The molecule has 10 heteroatoms. The second kappa shape index (κ2) is 12.9. The van der Waals surface area contributed by atoms with Gasteiger partial charge in [-0.15, -0.1) is 0 Å². The molecule has 220 valence electrons. The van der Waals surface area contributed by atoms with Gasteiger partial charge < -0.3 is 18.8 Å². The molecule has 42 heavy (non-hydrogen) atoms. The monoisotopic (exact) mass is 590 g/mol. The molecule has 0 spiro atoms. The van der Waals surface area contributed by atoms with E-state index in [1.54, 1.807) is 24.3 Å². The van der Waals surface area contributed by atoms with Gasteiger partial charge >= 0.3 is 0 Å². The number of amides is 1. The van der Waals surface area contributed by atoms with Gasteiger partial charge in [-0.2, -0.15) is 4.31 Å². The topological polar surface area (TPSA) is 106 Å². The summed E-state index contributed by atoms with van der Waals surface area (Å²) in [7, 11) is -2.56. The number of rotatable bonds is 11. The molecule has 4 aromatic rings. The molecule has 2 heterocycles. The molecule has 0 radical (unpaired) electrons. The fourth-order valence-corrected chi connectivity index (χ4v) is 6.47. The van der Waals surface area contributed by atoms with Crippen molar-refractivity contribution in [1.82, 2.24) is 9.21 Å². The molecule has 1 saturated heterocycles. The van der Waals surface area contributed by atoms with Gasteiger partial charge in [-0.05, 0) is 61.7 Å². The highest BCUT2D eigenvalue weighted by molar-refractivity contribution is 7.89. The average molecular weight is 591 g/mol. The normalized spacial score (nSPS) is 15.3. The maximum absolute atomic E-state index is 14.0. The van der Waals surface area contributed by atoms with Crippen LogP contribution in [0, 0.1) is 6.92 Å². The van der Waals surface area contributed by atoms with Crippen LogP contribution in [0.3, 0.4) is 0 Å². The first kappa shape index (κ1) is 29.5. The van der Waals surface area contributed by atoms with E-state index in [4.69, 9.17) is 13.9 Å². The molecular weight excluding hydrogens is 556 g/mol. The molecule has 1 aromatic heterocycles. The lowest BCUT2D eigenvalue weighted by atomic mass is 10.1. The van der Waals surface area contributed by atoms with Crippen molar-refractivity contribution in [3.05, 3.63) is 106 Å². The lowest BCUT2D eigenvalue weighted by molar-refractivity contribution is -0.132. The molecule has 1 aliphatic rings. The van der Waals surface area contributed by atoms with Crippen LogP contribution in [0.2, 0.25) is 0 Å². The van der Waals surface area contributed by atoms with Gasteiger partial charge in [0.1, 0.15) is 11.3 Å². The molecule has 3 aromatic carbocycles. The number of ether oxygens (including phenoxy) is 2. The summed E-state index contributed by atoms with van der Waals surface area (Å²) in [5.41, 5.74) is 2.30. The van der Waals surface area contributed by atoms with Crippen molar-refractivity contribution in [1.29, 1.82) is 0 Å². The van der Waals surface area contributed by atoms with E-state index in [-0.39, 0.29) is 36.1 Å². The maximum atomic E-state index is 14.0. The number of sulfonamides is 1. The average Bonchev–Trinajstić information content (AvgIpc) is 3.52. The zero-order valence-corrected chi connectivity index (χ0v) is 24.5. The van der Waals surface area contributed by atoms with Crippen LogP contribution in [0.5, 0.6) is 5.75 Å². The van der Waals surface area contributed by atoms with Gasteiger partial charge in [-0.3, -0.25) is 9.59 Å². The summed E-state index contributed by atoms with van der Waals surface area (Å²) in [5.74, 6) is 0.0758. The Balaban J connectivity index is 1.47. The third-order valence-corrected chi connectivity index (χ3v) is 9.20. The fourth-order valence-electron chi connectivity index (χ4n) is 5.05. The van der Waals surface area contributed by atoms with Crippen molar-refractivity contribution in [3.63, 3.8) is 0 Å². The predicted molar refractivity (Wildman–Crippen MR) is 159 cm³/mol. The minimum atomic E-state index is -4.06. The van der Waals surface area contributed by atoms with Crippen LogP contribution in [0.1, 0.15) is 29.5 Å². The molecule has 1 atom stereocenters. The van der Waals surface area contributed by atoms with Crippen molar-refractivity contribution in [2.75, 3.05) is 26.8 Å². The Morgan fingerprint density at radius 1 is 1.02 bits per heavy atom. The molecule has 9 nitrogen and oxygen atoms in total. The number of hydrogen-bond donors (Lipinski definition) is 0. The van der Waals surface area contributed by atoms with Crippen LogP contribution in [-0.2, 0) is 32.6 Å². The van der Waals surface area contributed by atoms with E-state index in [2.05, 4.69) is 0 Å². The first-order valence-corrected chi connectivity index (χ1v) is 15.3. The van der Waals surface area contributed by atoms with Crippen LogP contribution in [0.25, 0.3) is 11.0 Å². The summed E-state index contributed by atoms with van der Waals surface area (Å²) in [6.07, 6.45) is 2.59. The van der Waals surface area contributed by atoms with E-state index in [0.717, 1.165) is 17.5 Å². The number of carbonyl (C=O) groups excluding carboxylic acids is 1. The van der Waals surface area contributed by atoms with Gasteiger partial charge in [-0.1, -0.05) is 42.0 Å². The Labute approximate surface area is 245 Å². The summed E-state index contributed by atoms with van der Waals surface area (Å²) < 4.78 is 45.5. The number of methoxy groups -OCH3 is 1. The van der Waals surface area contributed by atoms with Gasteiger partial charge in [0, 0.05) is 19.7 Å². The predicted octanol–water partition coefficient (Wildman–Crippen LogP) is 4.51. The molecule has 1 fully saturated rings. The van der Waals surface area contributed by atoms with E-state index in [1.807, 2.05) is 43.3 Å². The maximum Gasteiger partial charge on any atom is 0.243 e. The third kappa shape index (κ3) is 6.73. The van der Waals surface area contributed by atoms with E-state index < -0.39 is 22.5 Å². The Morgan fingerprint density at radius 2 is 1.79 bits per heavy atom. The lowest BCUT2D eigenvalue weighted by Gasteiger charge is -2.28. The number of nitrogens with zero attached hydrogens (tertiary/aromatic N) is 2. The molecular formula is C32H34N2O7S. The highest BCUT2D eigenvalue weighted by Gasteiger charge is 2.32. The Hall–Kier alpha value is -3.99. The van der Waals surface area contributed by atoms with Crippen LogP contribution in [-0.4, -0.2) is 56.4 Å². The number of hydrogen-bond acceptors (Lipinski definition) is 7. The van der Waals surface area contributed by atoms with Crippen LogP contribution >= 0.6 is 0 Å². The molecule has 5 rings (SSSR count). The molecule has 0 N–H and O–H groups in total. The second-order valence-corrected chi connectivity index (χ2v) is 12.4. The summed E-state index contributed by atoms with van der Waals surface area (Å²) >= 11 is 0. The lowest BCUT2D eigenvalue weighted by Crippen LogP contribution is -2.45. The highest BCUT2D eigenvalue weighted by Crippen LogP contribution is 2.23. The molecule has 1 amide bonds. The Morgan fingerprint density at radius 3 is 2.48 bits per heavy atom. The summed E-state index contributed by atoms with van der Waals surface area (Å²) in [6, 6.07) is 20.8. The van der Waals surface area contributed by atoms with Gasteiger partial charge in [0.05, 0.1) is 48.4 Å². The zero-order chi connectivity index (χ0) is 29.7. The molecule has 1 aliphatic heterocycles. The largest absolute Gasteiger partial charge is 0.497 e. The number of fused-ring (bicyclic) bond motifs is 1. The van der Waals surface area contributed by atoms with Gasteiger partial charge in [0.2, 0.25) is 15.9 Å². The number of carbonyl (C=O) groups is 1. The van der Waals surface area contributed by atoms with Crippen molar-refractivity contribution in [3.8, 4) is 5.75 Å². The van der Waals surface area contributed by atoms with Crippen molar-refractivity contribution < 1.29 is 27.1 Å². The summed E-state index contributed by atoms with van der Waals surface area (Å²) in [6.45, 7) is 2.20. The van der Waals surface area contributed by atoms with E-state index >= 15 is 0 Å². The summed E-state index contributed by atoms with van der Waals surface area (Å²) in [5, 5.41) is 0.432. The zero-order valence-electron chi connectivity index (χ0n) is 23.7. The molecule has 0 bridgehead atoms. The minimum Gasteiger partial charge on any atom is -0.497 e. The molecule has 1 unspecified atom stereocenters.